The summed E-state index contributed by atoms with van der Waals surface area (Å²) in [4.78, 5) is 24.2. The van der Waals surface area contributed by atoms with Gasteiger partial charge in [0.1, 0.15) is 5.15 Å². The third-order valence-corrected chi connectivity index (χ3v) is 7.46. The standard InChI is InChI=1S/C28H24Cl2N4OS/c1-18-32-27-24(36-18)9-8-23(33-28(35)21-10-13-31-25(30)17-21)26(27)20-11-15-34(16-12-20)14-2-3-19-4-6-22(29)7-5-19/h2-11,13,17H,12,14-16H2,1H3,(H,33,35)/b3-2+. The van der Waals surface area contributed by atoms with Gasteiger partial charge in [0.2, 0.25) is 0 Å². The van der Waals surface area contributed by atoms with Gasteiger partial charge in [-0.25, -0.2) is 9.97 Å². The number of hydrogen-bond donors (Lipinski definition) is 1. The van der Waals surface area contributed by atoms with Crippen LogP contribution in [0.2, 0.25) is 10.2 Å². The topological polar surface area (TPSA) is 58.1 Å². The normalized spacial score (nSPS) is 14.4. The van der Waals surface area contributed by atoms with Crippen molar-refractivity contribution >= 4 is 68.0 Å². The second kappa shape index (κ2) is 10.9. The number of rotatable bonds is 6. The van der Waals surface area contributed by atoms with E-state index in [9.17, 15) is 4.79 Å². The Balaban J connectivity index is 1.37. The van der Waals surface area contributed by atoms with E-state index in [1.807, 2.05) is 43.3 Å². The van der Waals surface area contributed by atoms with Crippen LogP contribution < -0.4 is 5.32 Å². The van der Waals surface area contributed by atoms with E-state index in [1.165, 1.54) is 11.8 Å². The summed E-state index contributed by atoms with van der Waals surface area (Å²) < 4.78 is 1.11. The van der Waals surface area contributed by atoms with Gasteiger partial charge in [-0.05, 0) is 60.9 Å². The number of carbonyl (C=O) groups excluding carboxylic acids is 1. The Hall–Kier alpha value is -3.03. The van der Waals surface area contributed by atoms with Gasteiger partial charge >= 0.3 is 0 Å². The number of carbonyl (C=O) groups is 1. The number of halogens is 2. The summed E-state index contributed by atoms with van der Waals surface area (Å²) in [6.45, 7) is 4.62. The molecular weight excluding hydrogens is 511 g/mol. The molecule has 0 bridgehead atoms. The number of benzene rings is 2. The molecule has 1 aliphatic heterocycles. The Labute approximate surface area is 224 Å². The SMILES string of the molecule is Cc1nc2c(C3=CCN(C/C=C/c4ccc(Cl)cc4)CC3)c(NC(=O)c3ccnc(Cl)c3)ccc2s1. The van der Waals surface area contributed by atoms with Crippen LogP contribution >= 0.6 is 34.5 Å². The predicted octanol–water partition coefficient (Wildman–Crippen LogP) is 7.36. The van der Waals surface area contributed by atoms with Crippen LogP contribution in [0.5, 0.6) is 0 Å². The summed E-state index contributed by atoms with van der Waals surface area (Å²) in [7, 11) is 0. The van der Waals surface area contributed by atoms with Crippen molar-refractivity contribution in [2.45, 2.75) is 13.3 Å². The maximum absolute atomic E-state index is 13.0. The maximum Gasteiger partial charge on any atom is 0.255 e. The second-order valence-corrected chi connectivity index (χ2v) is 10.6. The zero-order valence-corrected chi connectivity index (χ0v) is 22.0. The number of thiazole rings is 1. The lowest BCUT2D eigenvalue weighted by Crippen LogP contribution is -2.28. The molecule has 0 saturated heterocycles. The molecule has 0 saturated carbocycles. The molecule has 0 unspecified atom stereocenters. The molecule has 0 spiro atoms. The van der Waals surface area contributed by atoms with Crippen molar-refractivity contribution < 1.29 is 4.79 Å². The van der Waals surface area contributed by atoms with E-state index in [4.69, 9.17) is 28.2 Å². The molecule has 2 aromatic carbocycles. The average Bonchev–Trinajstić information content (AvgIpc) is 3.26. The van der Waals surface area contributed by atoms with E-state index in [1.54, 1.807) is 23.5 Å². The maximum atomic E-state index is 13.0. The molecule has 1 N–H and O–H groups in total. The molecular formula is C28H24Cl2N4OS. The zero-order chi connectivity index (χ0) is 25.1. The van der Waals surface area contributed by atoms with Crippen molar-refractivity contribution in [3.63, 3.8) is 0 Å². The van der Waals surface area contributed by atoms with E-state index in [0.717, 1.165) is 63.1 Å². The van der Waals surface area contributed by atoms with Crippen LogP contribution in [-0.2, 0) is 0 Å². The molecule has 0 radical (unpaired) electrons. The lowest BCUT2D eigenvalue weighted by Gasteiger charge is -2.26. The molecule has 0 fully saturated rings. The van der Waals surface area contributed by atoms with E-state index in [-0.39, 0.29) is 11.1 Å². The molecule has 182 valence electrons. The van der Waals surface area contributed by atoms with Gasteiger partial charge in [0.05, 0.1) is 20.9 Å². The van der Waals surface area contributed by atoms with E-state index < -0.39 is 0 Å². The Kier molecular flexibility index (Phi) is 7.48. The number of aryl methyl sites for hydroxylation is 1. The quantitative estimate of drug-likeness (QED) is 0.262. The first kappa shape index (κ1) is 24.7. The van der Waals surface area contributed by atoms with E-state index in [2.05, 4.69) is 33.4 Å². The fraction of sp³-hybridized carbons (Fsp3) is 0.179. The minimum absolute atomic E-state index is 0.225. The number of aromatic nitrogens is 2. The number of fused-ring (bicyclic) bond motifs is 1. The van der Waals surface area contributed by atoms with Gasteiger partial charge in [0.15, 0.2) is 0 Å². The number of amides is 1. The van der Waals surface area contributed by atoms with Crippen molar-refractivity contribution in [2.24, 2.45) is 0 Å². The summed E-state index contributed by atoms with van der Waals surface area (Å²) in [6.07, 6.45) is 8.95. The van der Waals surface area contributed by atoms with Crippen LogP contribution in [0.25, 0.3) is 21.9 Å². The van der Waals surface area contributed by atoms with Crippen LogP contribution in [-0.4, -0.2) is 40.4 Å². The molecule has 1 aliphatic rings. The molecule has 0 atom stereocenters. The fourth-order valence-corrected chi connectivity index (χ4v) is 5.42. The average molecular weight is 536 g/mol. The van der Waals surface area contributed by atoms with Crippen molar-refractivity contribution in [1.82, 2.24) is 14.9 Å². The highest BCUT2D eigenvalue weighted by Crippen LogP contribution is 2.37. The minimum Gasteiger partial charge on any atom is -0.321 e. The Bertz CT molecular complexity index is 1480. The summed E-state index contributed by atoms with van der Waals surface area (Å²) in [5.74, 6) is -0.225. The first-order chi connectivity index (χ1) is 17.5. The van der Waals surface area contributed by atoms with Crippen molar-refractivity contribution in [1.29, 1.82) is 0 Å². The van der Waals surface area contributed by atoms with Gasteiger partial charge in [-0.3, -0.25) is 9.69 Å². The number of nitrogens with one attached hydrogen (secondary N) is 1. The van der Waals surface area contributed by atoms with Gasteiger partial charge < -0.3 is 5.32 Å². The first-order valence-electron chi connectivity index (χ1n) is 11.6. The zero-order valence-electron chi connectivity index (χ0n) is 19.7. The summed E-state index contributed by atoms with van der Waals surface area (Å²) in [5, 5.41) is 5.11. The van der Waals surface area contributed by atoms with Gasteiger partial charge in [0.25, 0.3) is 5.91 Å². The van der Waals surface area contributed by atoms with Gasteiger partial charge in [-0.1, -0.05) is 53.6 Å². The monoisotopic (exact) mass is 534 g/mol. The lowest BCUT2D eigenvalue weighted by molar-refractivity contribution is 0.102. The van der Waals surface area contributed by atoms with Crippen molar-refractivity contribution in [2.75, 3.05) is 25.0 Å². The molecule has 1 amide bonds. The summed E-state index contributed by atoms with van der Waals surface area (Å²) >= 11 is 13.6. The number of pyridine rings is 1. The van der Waals surface area contributed by atoms with E-state index in [0.29, 0.717) is 5.56 Å². The Morgan fingerprint density at radius 2 is 2.00 bits per heavy atom. The van der Waals surface area contributed by atoms with Crippen LogP contribution in [0.3, 0.4) is 0 Å². The first-order valence-corrected chi connectivity index (χ1v) is 13.2. The Morgan fingerprint density at radius 1 is 1.17 bits per heavy atom. The summed E-state index contributed by atoms with van der Waals surface area (Å²) in [5.41, 5.74) is 5.49. The molecule has 3 heterocycles. The number of anilines is 1. The van der Waals surface area contributed by atoms with Gasteiger partial charge in [-0.2, -0.15) is 0 Å². The molecule has 2 aromatic heterocycles. The van der Waals surface area contributed by atoms with Gasteiger partial charge in [0, 0.05) is 42.0 Å². The predicted molar refractivity (Wildman–Crippen MR) is 151 cm³/mol. The third-order valence-electron chi connectivity index (χ3n) is 6.06. The number of hydrogen-bond acceptors (Lipinski definition) is 5. The van der Waals surface area contributed by atoms with E-state index >= 15 is 0 Å². The molecule has 5 nitrogen and oxygen atoms in total. The minimum atomic E-state index is -0.225. The number of nitrogens with zero attached hydrogens (tertiary/aromatic N) is 3. The molecule has 4 aromatic rings. The molecule has 36 heavy (non-hydrogen) atoms. The van der Waals surface area contributed by atoms with Gasteiger partial charge in [-0.15, -0.1) is 11.3 Å². The largest absolute Gasteiger partial charge is 0.321 e. The van der Waals surface area contributed by atoms with Crippen molar-refractivity contribution in [3.8, 4) is 0 Å². The molecule has 0 aliphatic carbocycles. The van der Waals surface area contributed by atoms with Crippen LogP contribution in [0, 0.1) is 6.92 Å². The summed E-state index contributed by atoms with van der Waals surface area (Å²) in [6, 6.07) is 15.0. The fourth-order valence-electron chi connectivity index (χ4n) is 4.29. The van der Waals surface area contributed by atoms with Crippen molar-refractivity contribution in [3.05, 3.63) is 98.8 Å². The highest BCUT2D eigenvalue weighted by molar-refractivity contribution is 7.18. The lowest BCUT2D eigenvalue weighted by atomic mass is 9.96. The third kappa shape index (κ3) is 5.68. The molecule has 8 heteroatoms. The van der Waals surface area contributed by atoms with Crippen LogP contribution in [0.1, 0.15) is 32.9 Å². The highest BCUT2D eigenvalue weighted by Gasteiger charge is 2.21. The van der Waals surface area contributed by atoms with Crippen LogP contribution in [0.4, 0.5) is 5.69 Å². The highest BCUT2D eigenvalue weighted by atomic mass is 35.5. The second-order valence-electron chi connectivity index (χ2n) is 8.58. The Morgan fingerprint density at radius 3 is 2.75 bits per heavy atom. The molecule has 5 rings (SSSR count). The van der Waals surface area contributed by atoms with Crippen LogP contribution in [0.15, 0.2) is 66.9 Å². The smallest absolute Gasteiger partial charge is 0.255 e.